The number of aromatic nitrogens is 2. The molecule has 1 fully saturated rings. The Morgan fingerprint density at radius 1 is 1.31 bits per heavy atom. The second-order valence-electron chi connectivity index (χ2n) is 4.41. The third-order valence-corrected chi connectivity index (χ3v) is 3.17. The molecule has 1 aliphatic heterocycles. The number of nitrogens with two attached hydrogens (primary N) is 1. The molecule has 1 aliphatic rings. The summed E-state index contributed by atoms with van der Waals surface area (Å²) in [6, 6.07) is 5.87. The molecule has 0 radical (unpaired) electrons. The molecule has 0 amide bonds. The fraction of sp³-hybridized carbons (Fsp3) is 0.417. The molecule has 4 heteroatoms. The zero-order valence-electron chi connectivity index (χ0n) is 9.24. The Labute approximate surface area is 94.5 Å². The van der Waals surface area contributed by atoms with Crippen LogP contribution in [0.2, 0.25) is 0 Å². The smallest absolute Gasteiger partial charge is 0.121 e. The Morgan fingerprint density at radius 2 is 2.12 bits per heavy atom. The maximum atomic E-state index is 5.88. The van der Waals surface area contributed by atoms with Gasteiger partial charge in [-0.25, -0.2) is 4.98 Å². The van der Waals surface area contributed by atoms with E-state index in [1.807, 2.05) is 18.2 Å². The Bertz CT molecular complexity index is 497. The molecular formula is C12H16N4. The first kappa shape index (κ1) is 9.66. The summed E-state index contributed by atoms with van der Waals surface area (Å²) in [5.41, 5.74) is 8.57. The minimum absolute atomic E-state index is 0.751. The first-order chi connectivity index (χ1) is 7.83. The molecule has 1 aromatic carbocycles. The first-order valence-electron chi connectivity index (χ1n) is 5.78. The number of hydrogen-bond acceptors (Lipinski definition) is 3. The Kier molecular flexibility index (Phi) is 2.29. The molecule has 84 valence electrons. The standard InChI is InChI=1S/C12H16N4/c13-9-4-3-5-10-12(9)15-11(14-10)8-16-6-1-2-7-16/h3-5H,1-2,6-8,13H2,(H,14,15). The normalized spacial score (nSPS) is 17.2. The van der Waals surface area contributed by atoms with Crippen molar-refractivity contribution in [2.75, 3.05) is 18.8 Å². The molecule has 16 heavy (non-hydrogen) atoms. The molecule has 0 spiro atoms. The van der Waals surface area contributed by atoms with E-state index in [9.17, 15) is 0 Å². The van der Waals surface area contributed by atoms with Gasteiger partial charge < -0.3 is 10.7 Å². The summed E-state index contributed by atoms with van der Waals surface area (Å²) in [7, 11) is 0. The van der Waals surface area contributed by atoms with Crippen LogP contribution in [0.25, 0.3) is 11.0 Å². The number of nitrogens with zero attached hydrogens (tertiary/aromatic N) is 2. The highest BCUT2D eigenvalue weighted by Crippen LogP contribution is 2.19. The summed E-state index contributed by atoms with van der Waals surface area (Å²) in [5, 5.41) is 0. The van der Waals surface area contributed by atoms with E-state index in [0.29, 0.717) is 0 Å². The van der Waals surface area contributed by atoms with Crippen LogP contribution in [-0.2, 0) is 6.54 Å². The number of hydrogen-bond donors (Lipinski definition) is 2. The summed E-state index contributed by atoms with van der Waals surface area (Å²) in [5.74, 6) is 1.02. The maximum Gasteiger partial charge on any atom is 0.121 e. The van der Waals surface area contributed by atoms with Crippen LogP contribution in [0.5, 0.6) is 0 Å². The summed E-state index contributed by atoms with van der Waals surface area (Å²) in [6.07, 6.45) is 2.62. The lowest BCUT2D eigenvalue weighted by atomic mass is 10.3. The molecule has 0 saturated carbocycles. The van der Waals surface area contributed by atoms with Crippen molar-refractivity contribution in [2.45, 2.75) is 19.4 Å². The summed E-state index contributed by atoms with van der Waals surface area (Å²) >= 11 is 0. The van der Waals surface area contributed by atoms with E-state index in [-0.39, 0.29) is 0 Å². The molecule has 1 saturated heterocycles. The number of rotatable bonds is 2. The van der Waals surface area contributed by atoms with E-state index >= 15 is 0 Å². The van der Waals surface area contributed by atoms with Gasteiger partial charge in [-0.3, -0.25) is 4.90 Å². The number of para-hydroxylation sites is 1. The predicted octanol–water partition coefficient (Wildman–Crippen LogP) is 1.74. The molecule has 2 heterocycles. The van der Waals surface area contributed by atoms with Crippen LogP contribution in [-0.4, -0.2) is 28.0 Å². The highest BCUT2D eigenvalue weighted by molar-refractivity contribution is 5.86. The number of nitrogen functional groups attached to an aromatic ring is 1. The van der Waals surface area contributed by atoms with E-state index in [0.717, 1.165) is 29.1 Å². The molecular weight excluding hydrogens is 200 g/mol. The number of aromatic amines is 1. The van der Waals surface area contributed by atoms with E-state index in [4.69, 9.17) is 5.73 Å². The minimum atomic E-state index is 0.751. The molecule has 0 unspecified atom stereocenters. The highest BCUT2D eigenvalue weighted by atomic mass is 15.2. The molecule has 0 aliphatic carbocycles. The molecule has 1 aromatic heterocycles. The maximum absolute atomic E-state index is 5.88. The largest absolute Gasteiger partial charge is 0.397 e. The summed E-state index contributed by atoms with van der Waals surface area (Å²) in [4.78, 5) is 10.3. The van der Waals surface area contributed by atoms with Gasteiger partial charge in [0.25, 0.3) is 0 Å². The molecule has 0 bridgehead atoms. The van der Waals surface area contributed by atoms with E-state index in [1.165, 1.54) is 25.9 Å². The lowest BCUT2D eigenvalue weighted by molar-refractivity contribution is 0.324. The Balaban J connectivity index is 1.90. The van der Waals surface area contributed by atoms with Gasteiger partial charge >= 0.3 is 0 Å². The fourth-order valence-corrected chi connectivity index (χ4v) is 2.33. The Hall–Kier alpha value is -1.55. The van der Waals surface area contributed by atoms with Gasteiger partial charge in [0.1, 0.15) is 11.3 Å². The number of H-pyrrole nitrogens is 1. The first-order valence-corrected chi connectivity index (χ1v) is 5.78. The number of imidazole rings is 1. The van der Waals surface area contributed by atoms with E-state index in [1.54, 1.807) is 0 Å². The van der Waals surface area contributed by atoms with Gasteiger partial charge in [-0.2, -0.15) is 0 Å². The molecule has 0 atom stereocenters. The van der Waals surface area contributed by atoms with Crippen molar-refractivity contribution in [3.8, 4) is 0 Å². The number of fused-ring (bicyclic) bond motifs is 1. The monoisotopic (exact) mass is 216 g/mol. The van der Waals surface area contributed by atoms with Crippen LogP contribution in [0.3, 0.4) is 0 Å². The van der Waals surface area contributed by atoms with Crippen molar-refractivity contribution in [2.24, 2.45) is 0 Å². The number of nitrogens with one attached hydrogen (secondary N) is 1. The van der Waals surface area contributed by atoms with Crippen molar-refractivity contribution in [1.29, 1.82) is 0 Å². The van der Waals surface area contributed by atoms with Crippen molar-refractivity contribution >= 4 is 16.7 Å². The van der Waals surface area contributed by atoms with E-state index < -0.39 is 0 Å². The molecule has 2 aromatic rings. The summed E-state index contributed by atoms with van der Waals surface area (Å²) < 4.78 is 0. The topological polar surface area (TPSA) is 57.9 Å². The minimum Gasteiger partial charge on any atom is -0.397 e. The van der Waals surface area contributed by atoms with Crippen molar-refractivity contribution in [1.82, 2.24) is 14.9 Å². The molecule has 3 N–H and O–H groups in total. The SMILES string of the molecule is Nc1cccc2[nH]c(CN3CCCC3)nc12. The van der Waals surface area contributed by atoms with Crippen LogP contribution >= 0.6 is 0 Å². The number of likely N-dealkylation sites (tertiary alicyclic amines) is 1. The number of anilines is 1. The highest BCUT2D eigenvalue weighted by Gasteiger charge is 2.14. The zero-order chi connectivity index (χ0) is 11.0. The Morgan fingerprint density at radius 3 is 2.88 bits per heavy atom. The van der Waals surface area contributed by atoms with E-state index in [2.05, 4.69) is 14.9 Å². The summed E-state index contributed by atoms with van der Waals surface area (Å²) in [6.45, 7) is 3.28. The third-order valence-electron chi connectivity index (χ3n) is 3.17. The molecule has 3 rings (SSSR count). The van der Waals surface area contributed by atoms with Crippen molar-refractivity contribution in [3.05, 3.63) is 24.0 Å². The van der Waals surface area contributed by atoms with Gasteiger partial charge in [-0.15, -0.1) is 0 Å². The van der Waals surface area contributed by atoms with Crippen LogP contribution in [0.4, 0.5) is 5.69 Å². The average molecular weight is 216 g/mol. The quantitative estimate of drug-likeness (QED) is 0.752. The van der Waals surface area contributed by atoms with Gasteiger partial charge in [0, 0.05) is 0 Å². The van der Waals surface area contributed by atoms with Crippen molar-refractivity contribution < 1.29 is 0 Å². The predicted molar refractivity (Wildman–Crippen MR) is 65.0 cm³/mol. The average Bonchev–Trinajstić information content (AvgIpc) is 2.88. The van der Waals surface area contributed by atoms with Gasteiger partial charge in [-0.1, -0.05) is 6.07 Å². The molecule has 4 nitrogen and oxygen atoms in total. The zero-order valence-corrected chi connectivity index (χ0v) is 9.24. The lowest BCUT2D eigenvalue weighted by Gasteiger charge is -2.11. The van der Waals surface area contributed by atoms with Crippen LogP contribution in [0.15, 0.2) is 18.2 Å². The van der Waals surface area contributed by atoms with Crippen LogP contribution < -0.4 is 5.73 Å². The van der Waals surface area contributed by atoms with Gasteiger partial charge in [0.2, 0.25) is 0 Å². The third kappa shape index (κ3) is 1.65. The van der Waals surface area contributed by atoms with Gasteiger partial charge in [0.05, 0.1) is 17.7 Å². The second kappa shape index (κ2) is 3.79. The number of benzene rings is 1. The second-order valence-corrected chi connectivity index (χ2v) is 4.41. The van der Waals surface area contributed by atoms with Gasteiger partial charge in [-0.05, 0) is 38.1 Å². The van der Waals surface area contributed by atoms with Crippen LogP contribution in [0.1, 0.15) is 18.7 Å². The lowest BCUT2D eigenvalue weighted by Crippen LogP contribution is -2.19. The van der Waals surface area contributed by atoms with Crippen LogP contribution in [0, 0.1) is 0 Å². The fourth-order valence-electron chi connectivity index (χ4n) is 2.33. The van der Waals surface area contributed by atoms with Gasteiger partial charge in [0.15, 0.2) is 0 Å². The van der Waals surface area contributed by atoms with Crippen molar-refractivity contribution in [3.63, 3.8) is 0 Å².